The average Bonchev–Trinajstić information content (AvgIpc) is 2.93. The summed E-state index contributed by atoms with van der Waals surface area (Å²) in [6.07, 6.45) is 6.15. The minimum Gasteiger partial charge on any atom is -0.355 e. The first-order valence-electron chi connectivity index (χ1n) is 9.60. The fraction of sp³-hybridized carbons (Fsp3) is 0.789. The Morgan fingerprint density at radius 2 is 2.15 bits per heavy atom. The molecule has 0 amide bonds. The summed E-state index contributed by atoms with van der Waals surface area (Å²) >= 11 is 0. The number of halogens is 1. The smallest absolute Gasteiger partial charge is 0.193 e. The summed E-state index contributed by atoms with van der Waals surface area (Å²) in [5, 5.41) is 8.12. The molecule has 0 bridgehead atoms. The van der Waals surface area contributed by atoms with Crippen molar-refractivity contribution in [1.29, 1.82) is 0 Å². The molecule has 0 saturated carbocycles. The predicted octanol–water partition coefficient (Wildman–Crippen LogP) is 3.04. The van der Waals surface area contributed by atoms with E-state index in [1.165, 1.54) is 37.1 Å². The van der Waals surface area contributed by atoms with Gasteiger partial charge in [0.1, 0.15) is 0 Å². The molecule has 0 aromatic carbocycles. The minimum atomic E-state index is 0. The molecule has 2 heterocycles. The molecule has 1 unspecified atom stereocenters. The van der Waals surface area contributed by atoms with E-state index in [0.717, 1.165) is 25.6 Å². The molecule has 26 heavy (non-hydrogen) atoms. The Kier molecular flexibility index (Phi) is 9.92. The quantitative estimate of drug-likeness (QED) is 0.390. The van der Waals surface area contributed by atoms with Gasteiger partial charge in [-0.3, -0.25) is 14.6 Å². The number of hydrogen-bond acceptors (Lipinski definition) is 3. The second kappa shape index (κ2) is 11.1. The lowest BCUT2D eigenvalue weighted by Gasteiger charge is -2.33. The first kappa shape index (κ1) is 23.2. The first-order chi connectivity index (χ1) is 11.9. The summed E-state index contributed by atoms with van der Waals surface area (Å²) in [4.78, 5) is 9.22. The molecule has 2 rings (SSSR count). The molecule has 1 aliphatic rings. The van der Waals surface area contributed by atoms with Crippen molar-refractivity contribution in [3.8, 4) is 0 Å². The Hall–Kier alpha value is -0.830. The highest BCUT2D eigenvalue weighted by atomic mass is 127. The molecule has 1 aromatic heterocycles. The van der Waals surface area contributed by atoms with Gasteiger partial charge in [0.15, 0.2) is 5.96 Å². The van der Waals surface area contributed by atoms with Gasteiger partial charge in [0, 0.05) is 58.6 Å². The Morgan fingerprint density at radius 3 is 2.77 bits per heavy atom. The molecule has 1 saturated heterocycles. The van der Waals surface area contributed by atoms with Gasteiger partial charge < -0.3 is 10.2 Å². The lowest BCUT2D eigenvalue weighted by atomic mass is 10.0. The van der Waals surface area contributed by atoms with Crippen LogP contribution in [0.25, 0.3) is 0 Å². The fourth-order valence-electron chi connectivity index (χ4n) is 3.68. The highest BCUT2D eigenvalue weighted by Gasteiger charge is 2.18. The monoisotopic (exact) mass is 476 g/mol. The lowest BCUT2D eigenvalue weighted by Crippen LogP contribution is -2.45. The van der Waals surface area contributed by atoms with Crippen molar-refractivity contribution < 1.29 is 0 Å². The molecule has 0 spiro atoms. The molecule has 1 atom stereocenters. The fourth-order valence-corrected chi connectivity index (χ4v) is 3.68. The molecule has 7 heteroatoms. The van der Waals surface area contributed by atoms with E-state index in [-0.39, 0.29) is 24.0 Å². The number of guanidine groups is 1. The van der Waals surface area contributed by atoms with Gasteiger partial charge in [0.05, 0.1) is 5.69 Å². The highest BCUT2D eigenvalue weighted by Crippen LogP contribution is 2.18. The zero-order chi connectivity index (χ0) is 18.4. The summed E-state index contributed by atoms with van der Waals surface area (Å²) in [6, 6.07) is 0.708. The zero-order valence-electron chi connectivity index (χ0n) is 17.3. The van der Waals surface area contributed by atoms with Crippen LogP contribution in [0.15, 0.2) is 11.2 Å². The Labute approximate surface area is 176 Å². The molecule has 6 nitrogen and oxygen atoms in total. The average molecular weight is 476 g/mol. The predicted molar refractivity (Wildman–Crippen MR) is 120 cm³/mol. The third kappa shape index (κ3) is 6.40. The van der Waals surface area contributed by atoms with Crippen LogP contribution in [0.5, 0.6) is 0 Å². The number of nitrogens with zero attached hydrogens (tertiary/aromatic N) is 5. The number of nitrogens with one attached hydrogen (secondary N) is 1. The van der Waals surface area contributed by atoms with Crippen molar-refractivity contribution in [2.24, 2.45) is 12.0 Å². The van der Waals surface area contributed by atoms with Crippen LogP contribution in [-0.4, -0.2) is 65.3 Å². The standard InChI is InChI=1S/C19H36N6.HI/c1-15(2)18-17(14-24(6)22-18)13-23(5)19(20-4)21-10-12-25-11-8-7-9-16(25)3;/h14-16H,7-13H2,1-6H3,(H,20,21);1H. The first-order valence-corrected chi connectivity index (χ1v) is 9.60. The van der Waals surface area contributed by atoms with Crippen LogP contribution in [0, 0.1) is 0 Å². The normalized spacial score (nSPS) is 18.7. The zero-order valence-corrected chi connectivity index (χ0v) is 19.7. The summed E-state index contributed by atoms with van der Waals surface area (Å²) in [5.41, 5.74) is 2.44. The van der Waals surface area contributed by atoms with Crippen molar-refractivity contribution in [2.75, 3.05) is 33.7 Å². The molecule has 0 radical (unpaired) electrons. The summed E-state index contributed by atoms with van der Waals surface area (Å²) in [5.74, 6) is 1.38. The van der Waals surface area contributed by atoms with Crippen LogP contribution in [-0.2, 0) is 13.6 Å². The second-order valence-corrected chi connectivity index (χ2v) is 7.58. The maximum absolute atomic E-state index is 4.60. The second-order valence-electron chi connectivity index (χ2n) is 7.58. The van der Waals surface area contributed by atoms with Crippen LogP contribution < -0.4 is 5.32 Å². The van der Waals surface area contributed by atoms with Crippen molar-refractivity contribution in [1.82, 2.24) is 24.9 Å². The number of aromatic nitrogens is 2. The summed E-state index contributed by atoms with van der Waals surface area (Å²) in [6.45, 7) is 10.8. The molecular formula is C19H37IN6. The van der Waals surface area contributed by atoms with Gasteiger partial charge in [0.25, 0.3) is 0 Å². The lowest BCUT2D eigenvalue weighted by molar-refractivity contribution is 0.163. The van der Waals surface area contributed by atoms with Gasteiger partial charge in [-0.15, -0.1) is 24.0 Å². The van der Waals surface area contributed by atoms with Crippen LogP contribution in [0.3, 0.4) is 0 Å². The van der Waals surface area contributed by atoms with Gasteiger partial charge in [-0.05, 0) is 32.2 Å². The topological polar surface area (TPSA) is 48.7 Å². The molecule has 150 valence electrons. The van der Waals surface area contributed by atoms with E-state index in [4.69, 9.17) is 0 Å². The van der Waals surface area contributed by atoms with E-state index in [1.807, 2.05) is 18.8 Å². The summed E-state index contributed by atoms with van der Waals surface area (Å²) < 4.78 is 1.91. The largest absolute Gasteiger partial charge is 0.355 e. The van der Waals surface area contributed by atoms with E-state index < -0.39 is 0 Å². The van der Waals surface area contributed by atoms with Crippen molar-refractivity contribution in [3.05, 3.63) is 17.5 Å². The molecule has 1 aromatic rings. The van der Waals surface area contributed by atoms with E-state index >= 15 is 0 Å². The van der Waals surface area contributed by atoms with Gasteiger partial charge in [-0.1, -0.05) is 20.3 Å². The van der Waals surface area contributed by atoms with Crippen LogP contribution in [0.2, 0.25) is 0 Å². The molecule has 1 aliphatic heterocycles. The van der Waals surface area contributed by atoms with E-state index in [2.05, 4.69) is 59.2 Å². The Morgan fingerprint density at radius 1 is 1.42 bits per heavy atom. The SMILES string of the molecule is CN=C(NCCN1CCCCC1C)N(C)Cc1cn(C)nc1C(C)C.I. The molecular weight excluding hydrogens is 439 g/mol. The number of aryl methyl sites for hydroxylation is 1. The van der Waals surface area contributed by atoms with Gasteiger partial charge in [0.2, 0.25) is 0 Å². The van der Waals surface area contributed by atoms with Gasteiger partial charge in [-0.2, -0.15) is 5.10 Å². The molecule has 1 N–H and O–H groups in total. The third-order valence-electron chi connectivity index (χ3n) is 5.09. The number of likely N-dealkylation sites (tertiary alicyclic amines) is 1. The Balaban J connectivity index is 0.00000338. The van der Waals surface area contributed by atoms with Gasteiger partial charge >= 0.3 is 0 Å². The number of aliphatic imine (C=N–C) groups is 1. The Bertz CT molecular complexity index is 568. The number of piperidine rings is 1. The number of hydrogen-bond donors (Lipinski definition) is 1. The minimum absolute atomic E-state index is 0. The van der Waals surface area contributed by atoms with E-state index in [1.54, 1.807) is 0 Å². The van der Waals surface area contributed by atoms with E-state index in [0.29, 0.717) is 12.0 Å². The van der Waals surface area contributed by atoms with Crippen molar-refractivity contribution in [3.63, 3.8) is 0 Å². The summed E-state index contributed by atoms with van der Waals surface area (Å²) in [7, 11) is 5.94. The van der Waals surface area contributed by atoms with Crippen molar-refractivity contribution in [2.45, 2.75) is 58.5 Å². The van der Waals surface area contributed by atoms with Crippen molar-refractivity contribution >= 4 is 29.9 Å². The molecule has 0 aliphatic carbocycles. The molecule has 1 fully saturated rings. The van der Waals surface area contributed by atoms with E-state index in [9.17, 15) is 0 Å². The third-order valence-corrected chi connectivity index (χ3v) is 5.09. The van der Waals surface area contributed by atoms with Gasteiger partial charge in [-0.25, -0.2) is 0 Å². The van der Waals surface area contributed by atoms with Crippen LogP contribution in [0.1, 0.15) is 57.2 Å². The maximum atomic E-state index is 4.60. The van der Waals surface area contributed by atoms with Crippen LogP contribution >= 0.6 is 24.0 Å². The van der Waals surface area contributed by atoms with Crippen LogP contribution in [0.4, 0.5) is 0 Å². The maximum Gasteiger partial charge on any atom is 0.193 e. The number of rotatable bonds is 6. The highest BCUT2D eigenvalue weighted by molar-refractivity contribution is 14.0.